The zero-order valence-electron chi connectivity index (χ0n) is 14.1. The third kappa shape index (κ3) is 2.31. The molecule has 1 amide bonds. The molecule has 0 bridgehead atoms. The van der Waals surface area contributed by atoms with E-state index < -0.39 is 0 Å². The van der Waals surface area contributed by atoms with Gasteiger partial charge in [-0.05, 0) is 62.6 Å². The molecular weight excluding hydrogens is 304 g/mol. The van der Waals surface area contributed by atoms with E-state index in [1.165, 1.54) is 17.5 Å². The van der Waals surface area contributed by atoms with E-state index in [4.69, 9.17) is 0 Å². The summed E-state index contributed by atoms with van der Waals surface area (Å²) >= 11 is 1.63. The maximum absolute atomic E-state index is 13.1. The summed E-state index contributed by atoms with van der Waals surface area (Å²) in [5.41, 5.74) is 4.29. The van der Waals surface area contributed by atoms with Crippen molar-refractivity contribution in [2.24, 2.45) is 11.8 Å². The molecule has 1 saturated carbocycles. The first-order valence-corrected chi connectivity index (χ1v) is 9.14. The van der Waals surface area contributed by atoms with Crippen molar-refractivity contribution >= 4 is 17.2 Å². The Bertz CT molecular complexity index is 795. The van der Waals surface area contributed by atoms with Crippen LogP contribution in [0.25, 0.3) is 10.4 Å². The van der Waals surface area contributed by atoms with Crippen LogP contribution in [0.1, 0.15) is 40.0 Å². The largest absolute Gasteiger partial charge is 0.334 e. The zero-order chi connectivity index (χ0) is 16.3. The summed E-state index contributed by atoms with van der Waals surface area (Å²) in [5.74, 6) is 1.57. The number of benzene rings is 1. The second-order valence-corrected chi connectivity index (χ2v) is 8.22. The number of nitrogens with zero attached hydrogens (tertiary/aromatic N) is 2. The van der Waals surface area contributed by atoms with Gasteiger partial charge in [-0.2, -0.15) is 0 Å². The van der Waals surface area contributed by atoms with Crippen LogP contribution in [0, 0.1) is 32.6 Å². The van der Waals surface area contributed by atoms with Crippen molar-refractivity contribution in [1.29, 1.82) is 0 Å². The number of rotatable bonds is 2. The molecule has 1 aliphatic carbocycles. The van der Waals surface area contributed by atoms with Crippen LogP contribution in [-0.4, -0.2) is 28.4 Å². The second-order valence-electron chi connectivity index (χ2n) is 7.02. The lowest BCUT2D eigenvalue weighted by atomic mass is 10.0. The van der Waals surface area contributed by atoms with Crippen molar-refractivity contribution in [3.8, 4) is 10.4 Å². The summed E-state index contributed by atoms with van der Waals surface area (Å²) in [6.07, 6.45) is 1.30. The quantitative estimate of drug-likeness (QED) is 0.828. The van der Waals surface area contributed by atoms with Gasteiger partial charge in [0.1, 0.15) is 5.69 Å². The van der Waals surface area contributed by atoms with Crippen LogP contribution in [0.4, 0.5) is 0 Å². The molecule has 1 aromatic heterocycles. The van der Waals surface area contributed by atoms with Gasteiger partial charge in [0, 0.05) is 12.6 Å². The molecule has 2 aliphatic rings. The van der Waals surface area contributed by atoms with Gasteiger partial charge in [0.15, 0.2) is 0 Å². The maximum Gasteiger partial charge on any atom is 0.274 e. The predicted molar refractivity (Wildman–Crippen MR) is 93.9 cm³/mol. The highest BCUT2D eigenvalue weighted by atomic mass is 32.1. The summed E-state index contributed by atoms with van der Waals surface area (Å²) in [6, 6.07) is 6.65. The fourth-order valence-corrected chi connectivity index (χ4v) is 4.87. The highest BCUT2D eigenvalue weighted by Crippen LogP contribution is 2.50. The number of likely N-dealkylation sites (tertiary alicyclic amines) is 1. The number of carbonyl (C=O) groups is 1. The van der Waals surface area contributed by atoms with Crippen LogP contribution < -0.4 is 0 Å². The van der Waals surface area contributed by atoms with E-state index in [1.807, 2.05) is 11.8 Å². The van der Waals surface area contributed by atoms with Crippen LogP contribution in [0.5, 0.6) is 0 Å². The van der Waals surface area contributed by atoms with Crippen LogP contribution >= 0.6 is 11.3 Å². The fourth-order valence-electron chi connectivity index (χ4n) is 3.88. The number of fused-ring (bicyclic) bond motifs is 1. The standard InChI is InChI=1S/C19H22N2OS/c1-10-6-5-7-15(11(10)2)18-17(20-13(4)23-18)19(22)21-9-14-8-16(14)12(21)3/h5-7,12,14,16H,8-9H2,1-4H3/t12-,14-,16+/m0/s1. The Morgan fingerprint density at radius 1 is 1.30 bits per heavy atom. The van der Waals surface area contributed by atoms with Gasteiger partial charge in [-0.25, -0.2) is 4.98 Å². The lowest BCUT2D eigenvalue weighted by Gasteiger charge is -2.24. The molecule has 4 rings (SSSR count). The van der Waals surface area contributed by atoms with Crippen molar-refractivity contribution in [2.75, 3.05) is 6.54 Å². The van der Waals surface area contributed by atoms with E-state index in [1.54, 1.807) is 11.3 Å². The number of aromatic nitrogens is 1. The van der Waals surface area contributed by atoms with Crippen LogP contribution in [-0.2, 0) is 0 Å². The third-order valence-corrected chi connectivity index (χ3v) is 6.57. The Morgan fingerprint density at radius 3 is 2.78 bits per heavy atom. The Labute approximate surface area is 141 Å². The summed E-state index contributed by atoms with van der Waals surface area (Å²) in [6.45, 7) is 9.33. The molecule has 3 atom stereocenters. The number of amides is 1. The molecule has 120 valence electrons. The normalized spacial score (nSPS) is 25.6. The zero-order valence-corrected chi connectivity index (χ0v) is 14.9. The predicted octanol–water partition coefficient (Wildman–Crippen LogP) is 4.22. The monoisotopic (exact) mass is 326 g/mol. The molecule has 0 radical (unpaired) electrons. The van der Waals surface area contributed by atoms with E-state index in [-0.39, 0.29) is 5.91 Å². The van der Waals surface area contributed by atoms with Gasteiger partial charge in [0.2, 0.25) is 0 Å². The van der Waals surface area contributed by atoms with E-state index in [9.17, 15) is 4.79 Å². The lowest BCUT2D eigenvalue weighted by Crippen LogP contribution is -2.37. The highest BCUT2D eigenvalue weighted by Gasteiger charge is 2.52. The van der Waals surface area contributed by atoms with Crippen molar-refractivity contribution in [3.05, 3.63) is 40.0 Å². The van der Waals surface area contributed by atoms with Gasteiger partial charge in [-0.1, -0.05) is 18.2 Å². The van der Waals surface area contributed by atoms with Crippen LogP contribution in [0.3, 0.4) is 0 Å². The molecule has 2 fully saturated rings. The van der Waals surface area contributed by atoms with Crippen LogP contribution in [0.15, 0.2) is 18.2 Å². The van der Waals surface area contributed by atoms with Gasteiger partial charge >= 0.3 is 0 Å². The molecule has 2 aromatic rings. The molecule has 4 heteroatoms. The Balaban J connectivity index is 1.75. The summed E-state index contributed by atoms with van der Waals surface area (Å²) in [5, 5.41) is 0.960. The Morgan fingerprint density at radius 2 is 2.09 bits per heavy atom. The highest BCUT2D eigenvalue weighted by molar-refractivity contribution is 7.15. The minimum absolute atomic E-state index is 0.116. The SMILES string of the molecule is Cc1nc(C(=O)N2C[C@@H]3C[C@@H]3[C@@H]2C)c(-c2cccc(C)c2C)s1. The van der Waals surface area contributed by atoms with Crippen molar-refractivity contribution < 1.29 is 4.79 Å². The first kappa shape index (κ1) is 14.9. The number of aryl methyl sites for hydroxylation is 2. The van der Waals surface area contributed by atoms with E-state index in [0.29, 0.717) is 11.7 Å². The van der Waals surface area contributed by atoms with Crippen molar-refractivity contribution in [2.45, 2.75) is 40.2 Å². The van der Waals surface area contributed by atoms with Crippen molar-refractivity contribution in [1.82, 2.24) is 9.88 Å². The number of carbonyl (C=O) groups excluding carboxylic acids is 1. The van der Waals surface area contributed by atoms with Crippen LogP contribution in [0.2, 0.25) is 0 Å². The van der Waals surface area contributed by atoms with E-state index in [2.05, 4.69) is 44.0 Å². The average molecular weight is 326 g/mol. The topological polar surface area (TPSA) is 33.2 Å². The minimum Gasteiger partial charge on any atom is -0.334 e. The fraction of sp³-hybridized carbons (Fsp3) is 0.474. The Kier molecular flexibility index (Phi) is 3.34. The van der Waals surface area contributed by atoms with E-state index >= 15 is 0 Å². The maximum atomic E-state index is 13.1. The van der Waals surface area contributed by atoms with Crippen molar-refractivity contribution in [3.63, 3.8) is 0 Å². The summed E-state index contributed by atoms with van der Waals surface area (Å²) in [7, 11) is 0. The average Bonchev–Trinajstić information content (AvgIpc) is 3.09. The molecule has 3 nitrogen and oxygen atoms in total. The first-order chi connectivity index (χ1) is 11.0. The molecule has 0 N–H and O–H groups in total. The second kappa shape index (κ2) is 5.17. The molecule has 2 heterocycles. The first-order valence-electron chi connectivity index (χ1n) is 8.32. The molecule has 23 heavy (non-hydrogen) atoms. The number of hydrogen-bond acceptors (Lipinski definition) is 3. The summed E-state index contributed by atoms with van der Waals surface area (Å²) < 4.78 is 0. The molecule has 1 saturated heterocycles. The molecular formula is C19H22N2OS. The number of thiazole rings is 1. The van der Waals surface area contributed by atoms with E-state index in [0.717, 1.165) is 33.8 Å². The van der Waals surface area contributed by atoms with Gasteiger partial charge < -0.3 is 4.90 Å². The molecule has 0 spiro atoms. The Hall–Kier alpha value is -1.68. The summed E-state index contributed by atoms with van der Waals surface area (Å²) in [4.78, 5) is 20.8. The molecule has 0 unspecified atom stereocenters. The third-order valence-electron chi connectivity index (χ3n) is 5.57. The number of piperidine rings is 1. The minimum atomic E-state index is 0.116. The molecule has 1 aliphatic heterocycles. The van der Waals surface area contributed by atoms with Gasteiger partial charge in [-0.3, -0.25) is 4.79 Å². The van der Waals surface area contributed by atoms with Gasteiger partial charge in [-0.15, -0.1) is 11.3 Å². The lowest BCUT2D eigenvalue weighted by molar-refractivity contribution is 0.0715. The van der Waals surface area contributed by atoms with Gasteiger partial charge in [0.05, 0.1) is 9.88 Å². The smallest absolute Gasteiger partial charge is 0.274 e. The molecule has 1 aromatic carbocycles. The van der Waals surface area contributed by atoms with Gasteiger partial charge in [0.25, 0.3) is 5.91 Å². The number of hydrogen-bond donors (Lipinski definition) is 0.